The Labute approximate surface area is 132 Å². The molecule has 1 aromatic heterocycles. The Hall–Kier alpha value is -2.47. The second-order valence-corrected chi connectivity index (χ2v) is 4.85. The molecule has 0 saturated carbocycles. The fourth-order valence-corrected chi connectivity index (χ4v) is 1.82. The summed E-state index contributed by atoms with van der Waals surface area (Å²) >= 11 is 5.85. The van der Waals surface area contributed by atoms with E-state index in [1.54, 1.807) is 6.92 Å². The number of hydrogen-bond donors (Lipinski definition) is 1. The van der Waals surface area contributed by atoms with Gasteiger partial charge in [0.05, 0.1) is 11.2 Å². The molecule has 22 heavy (non-hydrogen) atoms. The van der Waals surface area contributed by atoms with Crippen molar-refractivity contribution in [3.8, 4) is 0 Å². The molecule has 0 aliphatic carbocycles. The highest BCUT2D eigenvalue weighted by Gasteiger charge is 2.14. The Balaban J connectivity index is 1.83. The van der Waals surface area contributed by atoms with Crippen molar-refractivity contribution < 1.29 is 14.3 Å². The Bertz CT molecular complexity index is 677. The van der Waals surface area contributed by atoms with E-state index in [4.69, 9.17) is 16.3 Å². The first-order valence-corrected chi connectivity index (χ1v) is 6.91. The highest BCUT2D eigenvalue weighted by molar-refractivity contribution is 6.33. The molecule has 1 heterocycles. The lowest BCUT2D eigenvalue weighted by atomic mass is 10.2. The van der Waals surface area contributed by atoms with Crippen LogP contribution in [0.2, 0.25) is 5.02 Å². The maximum atomic E-state index is 11.9. The summed E-state index contributed by atoms with van der Waals surface area (Å²) in [5, 5.41) is 2.54. The Morgan fingerprint density at radius 2 is 2.00 bits per heavy atom. The number of rotatable bonds is 5. The van der Waals surface area contributed by atoms with Crippen LogP contribution in [0.5, 0.6) is 0 Å². The van der Waals surface area contributed by atoms with Crippen molar-refractivity contribution in [1.82, 2.24) is 15.3 Å². The van der Waals surface area contributed by atoms with Gasteiger partial charge in [0.25, 0.3) is 5.91 Å². The molecule has 0 bridgehead atoms. The van der Waals surface area contributed by atoms with Gasteiger partial charge in [-0.25, -0.2) is 9.97 Å². The normalized spacial score (nSPS) is 10.1. The Morgan fingerprint density at radius 3 is 2.73 bits per heavy atom. The second-order valence-electron chi connectivity index (χ2n) is 4.44. The van der Waals surface area contributed by atoms with Gasteiger partial charge in [-0.05, 0) is 12.5 Å². The molecule has 0 radical (unpaired) electrons. The minimum Gasteiger partial charge on any atom is -0.460 e. The standard InChI is InChI=1S/C15H14ClN3O3/c1-10-17-7-12(16)14(19-10)15(21)18-8-13(20)22-9-11-5-3-2-4-6-11/h2-7H,8-9H2,1H3,(H,18,21). The van der Waals surface area contributed by atoms with Crippen LogP contribution >= 0.6 is 11.6 Å². The predicted molar refractivity (Wildman–Crippen MR) is 80.4 cm³/mol. The zero-order valence-electron chi connectivity index (χ0n) is 11.9. The third-order valence-electron chi connectivity index (χ3n) is 2.72. The highest BCUT2D eigenvalue weighted by Crippen LogP contribution is 2.11. The average molecular weight is 320 g/mol. The quantitative estimate of drug-likeness (QED) is 0.851. The van der Waals surface area contributed by atoms with Crippen LogP contribution in [0.15, 0.2) is 36.5 Å². The van der Waals surface area contributed by atoms with Crippen molar-refractivity contribution in [2.75, 3.05) is 6.54 Å². The van der Waals surface area contributed by atoms with Gasteiger partial charge in [0, 0.05) is 0 Å². The lowest BCUT2D eigenvalue weighted by molar-refractivity contribution is -0.143. The number of carbonyl (C=O) groups is 2. The van der Waals surface area contributed by atoms with E-state index in [0.29, 0.717) is 5.82 Å². The van der Waals surface area contributed by atoms with Crippen LogP contribution < -0.4 is 5.32 Å². The number of esters is 1. The van der Waals surface area contributed by atoms with Gasteiger partial charge >= 0.3 is 5.97 Å². The van der Waals surface area contributed by atoms with Gasteiger partial charge < -0.3 is 10.1 Å². The molecule has 114 valence electrons. The maximum Gasteiger partial charge on any atom is 0.325 e. The van der Waals surface area contributed by atoms with Crippen LogP contribution in [0, 0.1) is 6.92 Å². The summed E-state index contributed by atoms with van der Waals surface area (Å²) in [6.07, 6.45) is 1.34. The fraction of sp³-hybridized carbons (Fsp3) is 0.200. The number of aryl methyl sites for hydroxylation is 1. The van der Waals surface area contributed by atoms with Gasteiger partial charge in [-0.2, -0.15) is 0 Å². The number of aromatic nitrogens is 2. The number of carbonyl (C=O) groups excluding carboxylic acids is 2. The topological polar surface area (TPSA) is 81.2 Å². The first-order chi connectivity index (χ1) is 10.6. The molecule has 6 nitrogen and oxygen atoms in total. The van der Waals surface area contributed by atoms with Gasteiger partial charge in [0.2, 0.25) is 0 Å². The number of halogens is 1. The van der Waals surface area contributed by atoms with Crippen LogP contribution in [0.25, 0.3) is 0 Å². The van der Waals surface area contributed by atoms with Crippen molar-refractivity contribution in [3.05, 3.63) is 58.6 Å². The lowest BCUT2D eigenvalue weighted by Crippen LogP contribution is -2.31. The van der Waals surface area contributed by atoms with E-state index in [2.05, 4.69) is 15.3 Å². The van der Waals surface area contributed by atoms with E-state index in [0.717, 1.165) is 5.56 Å². The summed E-state index contributed by atoms with van der Waals surface area (Å²) in [7, 11) is 0. The Kier molecular flexibility index (Phi) is 5.43. The molecule has 1 N–H and O–H groups in total. The van der Waals surface area contributed by atoms with Gasteiger partial charge in [0.15, 0.2) is 0 Å². The molecule has 0 aliphatic rings. The summed E-state index contributed by atoms with van der Waals surface area (Å²) in [4.78, 5) is 31.3. The highest BCUT2D eigenvalue weighted by atomic mass is 35.5. The zero-order chi connectivity index (χ0) is 15.9. The molecule has 2 aromatic rings. The maximum absolute atomic E-state index is 11.9. The number of ether oxygens (including phenoxy) is 1. The largest absolute Gasteiger partial charge is 0.460 e. The monoisotopic (exact) mass is 319 g/mol. The molecule has 0 atom stereocenters. The van der Waals surface area contributed by atoms with Gasteiger partial charge in [0.1, 0.15) is 24.7 Å². The third kappa shape index (κ3) is 4.53. The molecule has 0 spiro atoms. The molecule has 1 amide bonds. The predicted octanol–water partition coefficient (Wildman–Crippen LogP) is 1.91. The SMILES string of the molecule is Cc1ncc(Cl)c(C(=O)NCC(=O)OCc2ccccc2)n1. The van der Waals surface area contributed by atoms with Crippen molar-refractivity contribution in [1.29, 1.82) is 0 Å². The molecule has 0 aliphatic heterocycles. The summed E-state index contributed by atoms with van der Waals surface area (Å²) in [5.41, 5.74) is 0.904. The molecule has 0 fully saturated rings. The molecular formula is C15H14ClN3O3. The number of nitrogens with zero attached hydrogens (tertiary/aromatic N) is 2. The van der Waals surface area contributed by atoms with Gasteiger partial charge in [-0.15, -0.1) is 0 Å². The molecule has 1 aromatic carbocycles. The van der Waals surface area contributed by atoms with Crippen LogP contribution in [0.4, 0.5) is 0 Å². The number of amides is 1. The molecule has 0 saturated heterocycles. The van der Waals surface area contributed by atoms with Crippen molar-refractivity contribution >= 4 is 23.5 Å². The minimum absolute atomic E-state index is 0.0324. The van der Waals surface area contributed by atoms with E-state index >= 15 is 0 Å². The van der Waals surface area contributed by atoms with E-state index < -0.39 is 11.9 Å². The van der Waals surface area contributed by atoms with Crippen LogP contribution in [0.3, 0.4) is 0 Å². The van der Waals surface area contributed by atoms with E-state index in [1.165, 1.54) is 6.20 Å². The average Bonchev–Trinajstić information content (AvgIpc) is 2.54. The molecule has 7 heteroatoms. The van der Waals surface area contributed by atoms with Crippen LogP contribution in [-0.4, -0.2) is 28.4 Å². The minimum atomic E-state index is -0.549. The Morgan fingerprint density at radius 1 is 1.27 bits per heavy atom. The molecule has 2 rings (SSSR count). The summed E-state index contributed by atoms with van der Waals surface area (Å²) in [5.74, 6) is -0.674. The first kappa shape index (κ1) is 15.9. The van der Waals surface area contributed by atoms with Crippen LogP contribution in [-0.2, 0) is 16.1 Å². The summed E-state index contributed by atoms with van der Waals surface area (Å²) < 4.78 is 5.05. The van der Waals surface area contributed by atoms with Crippen molar-refractivity contribution in [2.24, 2.45) is 0 Å². The number of hydrogen-bond acceptors (Lipinski definition) is 5. The van der Waals surface area contributed by atoms with E-state index in [-0.39, 0.29) is 23.9 Å². The molecular weight excluding hydrogens is 306 g/mol. The van der Waals surface area contributed by atoms with Gasteiger partial charge in [-0.1, -0.05) is 41.9 Å². The van der Waals surface area contributed by atoms with E-state index in [9.17, 15) is 9.59 Å². The van der Waals surface area contributed by atoms with E-state index in [1.807, 2.05) is 30.3 Å². The zero-order valence-corrected chi connectivity index (χ0v) is 12.6. The van der Waals surface area contributed by atoms with Gasteiger partial charge in [-0.3, -0.25) is 9.59 Å². The number of nitrogens with one attached hydrogen (secondary N) is 1. The fourth-order valence-electron chi connectivity index (χ4n) is 1.64. The first-order valence-electron chi connectivity index (χ1n) is 6.53. The molecule has 0 unspecified atom stereocenters. The van der Waals surface area contributed by atoms with Crippen molar-refractivity contribution in [2.45, 2.75) is 13.5 Å². The van der Waals surface area contributed by atoms with Crippen molar-refractivity contribution in [3.63, 3.8) is 0 Å². The lowest BCUT2D eigenvalue weighted by Gasteiger charge is -2.07. The van der Waals surface area contributed by atoms with Crippen LogP contribution in [0.1, 0.15) is 21.9 Å². The number of benzene rings is 1. The summed E-state index contributed by atoms with van der Waals surface area (Å²) in [6.45, 7) is 1.54. The second kappa shape index (κ2) is 7.51. The summed E-state index contributed by atoms with van der Waals surface area (Å²) in [6, 6.07) is 9.26. The third-order valence-corrected chi connectivity index (χ3v) is 2.99. The smallest absolute Gasteiger partial charge is 0.325 e.